The van der Waals surface area contributed by atoms with Crippen molar-refractivity contribution in [1.82, 2.24) is 4.73 Å². The first-order chi connectivity index (χ1) is 15.7. The summed E-state index contributed by atoms with van der Waals surface area (Å²) >= 11 is 0. The van der Waals surface area contributed by atoms with E-state index in [9.17, 15) is 19.8 Å². The molecule has 0 aliphatic rings. The van der Waals surface area contributed by atoms with E-state index in [1.165, 1.54) is 37.0 Å². The van der Waals surface area contributed by atoms with E-state index in [0.717, 1.165) is 43.3 Å². The van der Waals surface area contributed by atoms with Crippen LogP contribution in [0.25, 0.3) is 0 Å². The van der Waals surface area contributed by atoms with Crippen LogP contribution in [0, 0.1) is 0 Å². The quantitative estimate of drug-likeness (QED) is 0.300. The molecule has 0 amide bonds. The Labute approximate surface area is 196 Å². The van der Waals surface area contributed by atoms with Gasteiger partial charge < -0.3 is 19.8 Å². The molecule has 7 nitrogen and oxygen atoms in total. The highest BCUT2D eigenvalue weighted by molar-refractivity contribution is 5.89. The maximum Gasteiger partial charge on any atom is 0.338 e. The van der Waals surface area contributed by atoms with Gasteiger partial charge in [0, 0.05) is 18.6 Å². The molecule has 0 fully saturated rings. The van der Waals surface area contributed by atoms with Crippen LogP contribution < -0.4 is 4.84 Å². The Balaban J connectivity index is 1.48. The number of carbonyl (C=O) groups excluding carboxylic acids is 2. The first-order valence-corrected chi connectivity index (χ1v) is 11.8. The zero-order valence-electron chi connectivity index (χ0n) is 20.0. The number of rotatable bonds is 13. The van der Waals surface area contributed by atoms with E-state index in [-0.39, 0.29) is 24.2 Å². The zero-order valence-corrected chi connectivity index (χ0v) is 20.0. The largest absolute Gasteiger partial charge is 0.492 e. The van der Waals surface area contributed by atoms with Crippen molar-refractivity contribution in [3.05, 3.63) is 47.5 Å². The molecule has 0 aliphatic heterocycles. The highest BCUT2D eigenvalue weighted by atomic mass is 16.7. The van der Waals surface area contributed by atoms with E-state index < -0.39 is 11.6 Å². The maximum absolute atomic E-state index is 12.1. The summed E-state index contributed by atoms with van der Waals surface area (Å²) in [4.78, 5) is 28.7. The van der Waals surface area contributed by atoms with Crippen LogP contribution in [0.3, 0.4) is 0 Å². The Kier molecular flexibility index (Phi) is 10.3. The number of hydrogen-bond donors (Lipinski definition) is 2. The van der Waals surface area contributed by atoms with Crippen LogP contribution in [0.15, 0.2) is 36.4 Å². The first-order valence-electron chi connectivity index (χ1n) is 11.8. The monoisotopic (exact) mass is 459 g/mol. The van der Waals surface area contributed by atoms with Crippen molar-refractivity contribution in [3.8, 4) is 11.8 Å². The third kappa shape index (κ3) is 10.0. The molecule has 2 N–H and O–H groups in total. The van der Waals surface area contributed by atoms with Gasteiger partial charge in [-0.05, 0) is 57.7 Å². The molecule has 0 atom stereocenters. The van der Waals surface area contributed by atoms with Crippen LogP contribution in [0.1, 0.15) is 94.5 Å². The first kappa shape index (κ1) is 26.3. The fraction of sp³-hybridized carbons (Fsp3) is 0.538. The molecule has 2 rings (SSSR count). The van der Waals surface area contributed by atoms with Gasteiger partial charge in [0.05, 0.1) is 5.56 Å². The van der Waals surface area contributed by atoms with Crippen LogP contribution in [0.2, 0.25) is 0 Å². The lowest BCUT2D eigenvalue weighted by Crippen LogP contribution is -2.23. The minimum atomic E-state index is -0.486. The van der Waals surface area contributed by atoms with Gasteiger partial charge >= 0.3 is 11.9 Å². The Morgan fingerprint density at radius 2 is 1.30 bits per heavy atom. The van der Waals surface area contributed by atoms with Gasteiger partial charge in [-0.25, -0.2) is 9.59 Å². The van der Waals surface area contributed by atoms with Gasteiger partial charge in [0.25, 0.3) is 0 Å². The van der Waals surface area contributed by atoms with E-state index in [1.54, 1.807) is 0 Å². The number of esters is 1. The van der Waals surface area contributed by atoms with Crippen LogP contribution >= 0.6 is 0 Å². The normalized spacial score (nSPS) is 11.4. The van der Waals surface area contributed by atoms with Gasteiger partial charge in [-0.15, -0.1) is 4.73 Å². The van der Waals surface area contributed by atoms with E-state index in [1.807, 2.05) is 45.0 Å². The van der Waals surface area contributed by atoms with Crippen molar-refractivity contribution >= 4 is 11.9 Å². The third-order valence-corrected chi connectivity index (χ3v) is 5.18. The second-order valence-electron chi connectivity index (χ2n) is 9.33. The Hall–Kier alpha value is -2.96. The molecule has 1 heterocycles. The number of unbranched alkanes of at least 4 members (excludes halogenated alkanes) is 7. The second kappa shape index (κ2) is 12.9. The summed E-state index contributed by atoms with van der Waals surface area (Å²) < 4.78 is 6.10. The van der Waals surface area contributed by atoms with Crippen molar-refractivity contribution in [2.75, 3.05) is 0 Å². The minimum absolute atomic E-state index is 0.254. The lowest BCUT2D eigenvalue weighted by atomic mass is 10.0. The summed E-state index contributed by atoms with van der Waals surface area (Å²) in [7, 11) is 0. The molecule has 0 radical (unpaired) electrons. The number of ether oxygens (including phenoxy) is 1. The van der Waals surface area contributed by atoms with Gasteiger partial charge in [0.15, 0.2) is 0 Å². The molecule has 33 heavy (non-hydrogen) atoms. The minimum Gasteiger partial charge on any atom is -0.492 e. The SMILES string of the molecule is CC(C)(C)OC(=O)c1ccc(CCCCCCCCCCC(=O)On2c(O)ccc2O)cc1. The molecule has 0 unspecified atom stereocenters. The molecule has 182 valence electrons. The number of aryl methyl sites for hydroxylation is 1. The summed E-state index contributed by atoms with van der Waals surface area (Å²) in [6.45, 7) is 5.59. The molecule has 1 aromatic heterocycles. The summed E-state index contributed by atoms with van der Waals surface area (Å²) in [5.74, 6) is -1.38. The lowest BCUT2D eigenvalue weighted by molar-refractivity contribution is -0.145. The summed E-state index contributed by atoms with van der Waals surface area (Å²) in [6, 6.07) is 10.2. The highest BCUT2D eigenvalue weighted by Gasteiger charge is 2.17. The molecular weight excluding hydrogens is 422 g/mol. The smallest absolute Gasteiger partial charge is 0.338 e. The van der Waals surface area contributed by atoms with Gasteiger partial charge in [-0.3, -0.25) is 0 Å². The topological polar surface area (TPSA) is 98.0 Å². The summed E-state index contributed by atoms with van der Waals surface area (Å²) in [5.41, 5.74) is 1.33. The van der Waals surface area contributed by atoms with Gasteiger partial charge in [-0.2, -0.15) is 0 Å². The third-order valence-electron chi connectivity index (χ3n) is 5.18. The summed E-state index contributed by atoms with van der Waals surface area (Å²) in [5, 5.41) is 18.9. The molecular formula is C26H37NO6. The van der Waals surface area contributed by atoms with Crippen LogP contribution in [-0.2, 0) is 16.0 Å². The molecule has 0 bridgehead atoms. The van der Waals surface area contributed by atoms with Crippen molar-refractivity contribution < 1.29 is 29.4 Å². The number of nitrogens with zero attached hydrogens (tertiary/aromatic N) is 1. The van der Waals surface area contributed by atoms with Crippen molar-refractivity contribution in [2.24, 2.45) is 0 Å². The fourth-order valence-corrected chi connectivity index (χ4v) is 3.45. The van der Waals surface area contributed by atoms with Crippen molar-refractivity contribution in [1.29, 1.82) is 0 Å². The van der Waals surface area contributed by atoms with Crippen molar-refractivity contribution in [3.63, 3.8) is 0 Å². The van der Waals surface area contributed by atoms with E-state index in [4.69, 9.17) is 9.57 Å². The Morgan fingerprint density at radius 3 is 1.85 bits per heavy atom. The Morgan fingerprint density at radius 1 is 0.788 bits per heavy atom. The van der Waals surface area contributed by atoms with Crippen LogP contribution in [0.4, 0.5) is 0 Å². The summed E-state index contributed by atoms with van der Waals surface area (Å²) in [6.07, 6.45) is 9.78. The van der Waals surface area contributed by atoms with Gasteiger partial charge in [0.1, 0.15) is 5.60 Å². The molecule has 0 aliphatic carbocycles. The predicted molar refractivity (Wildman–Crippen MR) is 126 cm³/mol. The van der Waals surface area contributed by atoms with Crippen LogP contribution in [-0.4, -0.2) is 32.5 Å². The van der Waals surface area contributed by atoms with Crippen molar-refractivity contribution in [2.45, 2.75) is 90.6 Å². The second-order valence-corrected chi connectivity index (χ2v) is 9.33. The number of aromatic hydroxyl groups is 2. The van der Waals surface area contributed by atoms with E-state index in [0.29, 0.717) is 5.56 Å². The average molecular weight is 460 g/mol. The average Bonchev–Trinajstić information content (AvgIpc) is 3.06. The molecule has 0 saturated carbocycles. The number of benzene rings is 1. The lowest BCUT2D eigenvalue weighted by Gasteiger charge is -2.19. The zero-order chi connectivity index (χ0) is 24.3. The van der Waals surface area contributed by atoms with Gasteiger partial charge in [0.2, 0.25) is 11.8 Å². The Bertz CT molecular complexity index is 860. The molecule has 0 saturated heterocycles. The standard InChI is InChI=1S/C26H37NO6/c1-26(2,3)32-25(31)21-16-14-20(15-17-21)12-10-8-6-4-5-7-9-11-13-24(30)33-27-22(28)18-19-23(27)29/h14-19,28-29H,4-13H2,1-3H3. The molecule has 7 heteroatoms. The number of hydrogen-bond acceptors (Lipinski definition) is 6. The predicted octanol–water partition coefficient (Wildman–Crippen LogP) is 5.56. The highest BCUT2D eigenvalue weighted by Crippen LogP contribution is 2.19. The number of carbonyl (C=O) groups is 2. The fourth-order valence-electron chi connectivity index (χ4n) is 3.45. The van der Waals surface area contributed by atoms with E-state index in [2.05, 4.69) is 0 Å². The van der Waals surface area contributed by atoms with Crippen LogP contribution in [0.5, 0.6) is 11.8 Å². The van der Waals surface area contributed by atoms with Gasteiger partial charge in [-0.1, -0.05) is 50.7 Å². The molecule has 1 aromatic carbocycles. The maximum atomic E-state index is 12.1. The van der Waals surface area contributed by atoms with E-state index >= 15 is 0 Å². The molecule has 2 aromatic rings. The molecule has 0 spiro atoms. The number of aromatic nitrogens is 1.